The lowest BCUT2D eigenvalue weighted by molar-refractivity contribution is 0.617. The summed E-state index contributed by atoms with van der Waals surface area (Å²) in [5.41, 5.74) is 1.29. The Morgan fingerprint density at radius 2 is 2.00 bits per heavy atom. The van der Waals surface area contributed by atoms with Gasteiger partial charge in [-0.2, -0.15) is 0 Å². The van der Waals surface area contributed by atoms with Gasteiger partial charge >= 0.3 is 0 Å². The maximum atomic E-state index is 5.53. The predicted octanol–water partition coefficient (Wildman–Crippen LogP) is 3.89. The van der Waals surface area contributed by atoms with Gasteiger partial charge in [-0.25, -0.2) is 0 Å². The molecule has 82 valence electrons. The Hall–Kier alpha value is -0.310. The van der Waals surface area contributed by atoms with E-state index < -0.39 is 0 Å². The van der Waals surface area contributed by atoms with Crippen LogP contribution in [0.3, 0.4) is 0 Å². The molecule has 1 nitrogen and oxygen atoms in total. The van der Waals surface area contributed by atoms with Crippen LogP contribution in [0.4, 0.5) is 0 Å². The number of rotatable bonds is 5. The Bertz CT molecular complexity index is 308. The molecule has 0 fully saturated rings. The van der Waals surface area contributed by atoms with Gasteiger partial charge in [-0.1, -0.05) is 40.2 Å². The van der Waals surface area contributed by atoms with Crippen LogP contribution in [0.25, 0.3) is 0 Å². The molecular formula is C12H15BrClN. The molecule has 0 aliphatic heterocycles. The van der Waals surface area contributed by atoms with E-state index in [2.05, 4.69) is 52.4 Å². The Morgan fingerprint density at radius 3 is 2.60 bits per heavy atom. The van der Waals surface area contributed by atoms with E-state index in [1.54, 1.807) is 0 Å². The van der Waals surface area contributed by atoms with Crippen LogP contribution < -0.4 is 5.32 Å². The molecule has 0 aliphatic carbocycles. The minimum absolute atomic E-state index is 0.359. The highest BCUT2D eigenvalue weighted by Gasteiger charge is 2.02. The second-order valence-electron chi connectivity index (χ2n) is 3.31. The third-order valence-corrected chi connectivity index (χ3v) is 2.87. The minimum atomic E-state index is 0.359. The average molecular weight is 289 g/mol. The fraction of sp³-hybridized carbons (Fsp3) is 0.333. The van der Waals surface area contributed by atoms with Gasteiger partial charge in [-0.15, -0.1) is 11.6 Å². The van der Waals surface area contributed by atoms with Crippen LogP contribution in [0.15, 0.2) is 40.9 Å². The summed E-state index contributed by atoms with van der Waals surface area (Å²) in [5, 5.41) is 3.39. The Kier molecular flexibility index (Phi) is 5.99. The number of alkyl halides is 1. The molecule has 0 aliphatic rings. The van der Waals surface area contributed by atoms with Gasteiger partial charge in [-0.3, -0.25) is 0 Å². The van der Waals surface area contributed by atoms with Gasteiger partial charge in [0.25, 0.3) is 0 Å². The summed E-state index contributed by atoms with van der Waals surface area (Å²) in [4.78, 5) is 0. The average Bonchev–Trinajstić information content (AvgIpc) is 2.25. The SMILES string of the molecule is C[C@H](NC/C=C/CCl)c1ccc(Br)cc1. The van der Waals surface area contributed by atoms with Gasteiger partial charge in [0.15, 0.2) is 0 Å². The summed E-state index contributed by atoms with van der Waals surface area (Å²) in [7, 11) is 0. The summed E-state index contributed by atoms with van der Waals surface area (Å²) < 4.78 is 1.11. The Balaban J connectivity index is 2.43. The smallest absolute Gasteiger partial charge is 0.0404 e. The maximum Gasteiger partial charge on any atom is 0.0404 e. The van der Waals surface area contributed by atoms with Crippen LogP contribution in [-0.4, -0.2) is 12.4 Å². The van der Waals surface area contributed by atoms with E-state index in [1.807, 2.05) is 12.2 Å². The number of halogens is 2. The first-order chi connectivity index (χ1) is 7.24. The molecule has 15 heavy (non-hydrogen) atoms. The second kappa shape index (κ2) is 7.04. The van der Waals surface area contributed by atoms with E-state index in [-0.39, 0.29) is 0 Å². The summed E-state index contributed by atoms with van der Waals surface area (Å²) in [6, 6.07) is 8.71. The van der Waals surface area contributed by atoms with Crippen molar-refractivity contribution >= 4 is 27.5 Å². The van der Waals surface area contributed by atoms with Crippen molar-refractivity contribution in [2.24, 2.45) is 0 Å². The zero-order valence-corrected chi connectivity index (χ0v) is 11.1. The third-order valence-electron chi connectivity index (χ3n) is 2.17. The van der Waals surface area contributed by atoms with Crippen molar-refractivity contribution in [2.75, 3.05) is 12.4 Å². The van der Waals surface area contributed by atoms with Crippen molar-refractivity contribution in [2.45, 2.75) is 13.0 Å². The molecular weight excluding hydrogens is 273 g/mol. The highest BCUT2D eigenvalue weighted by Crippen LogP contribution is 2.16. The highest BCUT2D eigenvalue weighted by molar-refractivity contribution is 9.10. The topological polar surface area (TPSA) is 12.0 Å². The molecule has 0 aromatic heterocycles. The summed E-state index contributed by atoms with van der Waals surface area (Å²) in [6.07, 6.45) is 3.99. The first-order valence-corrected chi connectivity index (χ1v) is 6.26. The molecule has 1 N–H and O–H groups in total. The quantitative estimate of drug-likeness (QED) is 0.640. The summed E-state index contributed by atoms with van der Waals surface area (Å²) in [6.45, 7) is 3.00. The number of hydrogen-bond acceptors (Lipinski definition) is 1. The van der Waals surface area contributed by atoms with E-state index in [0.29, 0.717) is 11.9 Å². The fourth-order valence-electron chi connectivity index (χ4n) is 1.26. The molecule has 1 atom stereocenters. The first-order valence-electron chi connectivity index (χ1n) is 4.94. The molecule has 0 radical (unpaired) electrons. The van der Waals surface area contributed by atoms with Gasteiger partial charge in [0.05, 0.1) is 0 Å². The predicted molar refractivity (Wildman–Crippen MR) is 70.4 cm³/mol. The number of allylic oxidation sites excluding steroid dienone is 1. The molecule has 0 heterocycles. The summed E-state index contributed by atoms with van der Waals surface area (Å²) in [5.74, 6) is 0.578. The van der Waals surface area contributed by atoms with Crippen molar-refractivity contribution in [3.05, 3.63) is 46.5 Å². The van der Waals surface area contributed by atoms with E-state index in [4.69, 9.17) is 11.6 Å². The van der Waals surface area contributed by atoms with Gasteiger partial charge < -0.3 is 5.32 Å². The fourth-order valence-corrected chi connectivity index (χ4v) is 1.65. The maximum absolute atomic E-state index is 5.53. The van der Waals surface area contributed by atoms with Crippen LogP contribution in [0.1, 0.15) is 18.5 Å². The number of nitrogens with one attached hydrogen (secondary N) is 1. The lowest BCUT2D eigenvalue weighted by Crippen LogP contribution is -2.18. The van der Waals surface area contributed by atoms with Crippen molar-refractivity contribution in [1.82, 2.24) is 5.32 Å². The third kappa shape index (κ3) is 4.83. The van der Waals surface area contributed by atoms with Crippen molar-refractivity contribution in [3.8, 4) is 0 Å². The molecule has 1 rings (SSSR count). The molecule has 0 saturated carbocycles. The van der Waals surface area contributed by atoms with Crippen LogP contribution >= 0.6 is 27.5 Å². The normalized spacial score (nSPS) is 13.3. The van der Waals surface area contributed by atoms with Crippen LogP contribution in [0, 0.1) is 0 Å². The Labute approximate surface area is 105 Å². The standard InChI is InChI=1S/C12H15BrClN/c1-10(15-9-3-2-8-14)11-4-6-12(13)7-5-11/h2-7,10,15H,8-9H2,1H3/b3-2+/t10-/m0/s1. The molecule has 1 aromatic carbocycles. The second-order valence-corrected chi connectivity index (χ2v) is 4.53. The van der Waals surface area contributed by atoms with Crippen LogP contribution in [-0.2, 0) is 0 Å². The van der Waals surface area contributed by atoms with E-state index in [1.165, 1.54) is 5.56 Å². The lowest BCUT2D eigenvalue weighted by atomic mass is 10.1. The highest BCUT2D eigenvalue weighted by atomic mass is 79.9. The molecule has 1 aromatic rings. The summed E-state index contributed by atoms with van der Waals surface area (Å²) >= 11 is 8.95. The molecule has 0 unspecified atom stereocenters. The zero-order chi connectivity index (χ0) is 11.1. The van der Waals surface area contributed by atoms with E-state index in [9.17, 15) is 0 Å². The van der Waals surface area contributed by atoms with Crippen LogP contribution in [0.2, 0.25) is 0 Å². The molecule has 0 spiro atoms. The molecule has 0 amide bonds. The monoisotopic (exact) mass is 287 g/mol. The van der Waals surface area contributed by atoms with E-state index >= 15 is 0 Å². The van der Waals surface area contributed by atoms with Gasteiger partial charge in [0.1, 0.15) is 0 Å². The largest absolute Gasteiger partial charge is 0.307 e. The number of benzene rings is 1. The van der Waals surface area contributed by atoms with Gasteiger partial charge in [0, 0.05) is 22.9 Å². The molecule has 0 saturated heterocycles. The number of hydrogen-bond donors (Lipinski definition) is 1. The van der Waals surface area contributed by atoms with Gasteiger partial charge in [-0.05, 0) is 24.6 Å². The zero-order valence-electron chi connectivity index (χ0n) is 8.71. The van der Waals surface area contributed by atoms with Crippen molar-refractivity contribution < 1.29 is 0 Å². The van der Waals surface area contributed by atoms with Crippen molar-refractivity contribution in [3.63, 3.8) is 0 Å². The molecule has 3 heteroatoms. The lowest BCUT2D eigenvalue weighted by Gasteiger charge is -2.12. The van der Waals surface area contributed by atoms with Crippen molar-refractivity contribution in [1.29, 1.82) is 0 Å². The van der Waals surface area contributed by atoms with E-state index in [0.717, 1.165) is 11.0 Å². The minimum Gasteiger partial charge on any atom is -0.307 e. The molecule has 0 bridgehead atoms. The first kappa shape index (κ1) is 12.8. The Morgan fingerprint density at radius 1 is 1.33 bits per heavy atom. The van der Waals surface area contributed by atoms with Gasteiger partial charge in [0.2, 0.25) is 0 Å². The van der Waals surface area contributed by atoms with Crippen LogP contribution in [0.5, 0.6) is 0 Å².